The van der Waals surface area contributed by atoms with E-state index in [9.17, 15) is 36.3 Å². The van der Waals surface area contributed by atoms with Crippen LogP contribution in [0, 0.1) is 11.6 Å². The fourth-order valence-electron chi connectivity index (χ4n) is 4.06. The maximum absolute atomic E-state index is 14.2. The molecule has 0 bridgehead atoms. The first-order valence-corrected chi connectivity index (χ1v) is 12.1. The lowest BCUT2D eigenvalue weighted by Crippen LogP contribution is -2.44. The Morgan fingerprint density at radius 2 is 1.87 bits per heavy atom. The number of anilines is 1. The number of benzene rings is 2. The summed E-state index contributed by atoms with van der Waals surface area (Å²) in [5.41, 5.74) is -2.21. The number of carbonyl (C=O) groups is 3. The van der Waals surface area contributed by atoms with Crippen molar-refractivity contribution in [2.24, 2.45) is 0 Å². The van der Waals surface area contributed by atoms with Gasteiger partial charge in [0.05, 0.1) is 29.8 Å². The zero-order valence-electron chi connectivity index (χ0n) is 19.7. The van der Waals surface area contributed by atoms with Crippen LogP contribution >= 0.6 is 23.2 Å². The van der Waals surface area contributed by atoms with Crippen LogP contribution in [-0.4, -0.2) is 39.8 Å². The van der Waals surface area contributed by atoms with Crippen LogP contribution in [0.3, 0.4) is 0 Å². The standard InChI is InChI=1S/C24H17Cl2F5N4O4/c1-2-39-23(38)20-33-19(34-21(36)10-5-11(24(29,30)31)7-13(28)6-10)18-17(14-8-12(27)3-4-15(14)26)32-22(37)16(9-25)35(18)20/h3-8,16-17H,2,9H2,1H3,(H,32,37)(H,34,36)/t16?,17-/m0/s1. The molecule has 0 radical (unpaired) electrons. The summed E-state index contributed by atoms with van der Waals surface area (Å²) in [5, 5.41) is 4.84. The largest absolute Gasteiger partial charge is 0.460 e. The number of rotatable bonds is 6. The van der Waals surface area contributed by atoms with Gasteiger partial charge in [-0.3, -0.25) is 9.59 Å². The number of alkyl halides is 4. The lowest BCUT2D eigenvalue weighted by Gasteiger charge is -2.32. The smallest absolute Gasteiger partial charge is 0.416 e. The van der Waals surface area contributed by atoms with E-state index < -0.39 is 70.4 Å². The first kappa shape index (κ1) is 28.3. The Morgan fingerprint density at radius 1 is 1.15 bits per heavy atom. The molecule has 1 unspecified atom stereocenters. The Labute approximate surface area is 227 Å². The average Bonchev–Trinajstić information content (AvgIpc) is 3.23. The molecule has 206 valence electrons. The second-order valence-electron chi connectivity index (χ2n) is 8.22. The number of nitrogens with one attached hydrogen (secondary N) is 2. The van der Waals surface area contributed by atoms with Crippen LogP contribution in [0.5, 0.6) is 0 Å². The van der Waals surface area contributed by atoms with Crippen molar-refractivity contribution < 1.29 is 41.1 Å². The molecule has 0 fully saturated rings. The van der Waals surface area contributed by atoms with Crippen LogP contribution in [0.15, 0.2) is 36.4 Å². The fraction of sp³-hybridized carbons (Fsp3) is 0.250. The number of carbonyl (C=O) groups excluding carboxylic acids is 3. The van der Waals surface area contributed by atoms with E-state index in [0.717, 1.165) is 16.7 Å². The van der Waals surface area contributed by atoms with Gasteiger partial charge in [-0.15, -0.1) is 11.6 Å². The van der Waals surface area contributed by atoms with Gasteiger partial charge >= 0.3 is 12.1 Å². The number of fused-ring (bicyclic) bond motifs is 1. The number of nitrogens with zero attached hydrogens (tertiary/aromatic N) is 2. The SMILES string of the molecule is CCOC(=O)c1nc(NC(=O)c2cc(F)cc(C(F)(F)F)c2)c2n1C(CCl)C(=O)N[C@H]2c1cc(F)ccc1Cl. The third-order valence-corrected chi connectivity index (χ3v) is 6.35. The van der Waals surface area contributed by atoms with Crippen LogP contribution < -0.4 is 10.6 Å². The molecule has 39 heavy (non-hydrogen) atoms. The molecule has 3 aromatic rings. The highest BCUT2D eigenvalue weighted by Gasteiger charge is 2.41. The summed E-state index contributed by atoms with van der Waals surface area (Å²) in [6.07, 6.45) is -4.95. The normalized spacial score (nSPS) is 16.9. The van der Waals surface area contributed by atoms with Crippen molar-refractivity contribution in [2.45, 2.75) is 25.2 Å². The number of halogens is 7. The van der Waals surface area contributed by atoms with Crippen LogP contribution in [0.1, 0.15) is 56.8 Å². The van der Waals surface area contributed by atoms with Gasteiger partial charge in [-0.1, -0.05) is 11.6 Å². The number of amides is 2. The molecule has 0 saturated heterocycles. The maximum Gasteiger partial charge on any atom is 0.416 e. The zero-order chi connectivity index (χ0) is 28.6. The molecule has 1 aliphatic heterocycles. The van der Waals surface area contributed by atoms with Gasteiger partial charge in [0.2, 0.25) is 11.7 Å². The summed E-state index contributed by atoms with van der Waals surface area (Å²) in [5.74, 6) is -6.27. The maximum atomic E-state index is 14.2. The van der Waals surface area contributed by atoms with Crippen LogP contribution in [-0.2, 0) is 15.7 Å². The number of ether oxygens (including phenoxy) is 1. The van der Waals surface area contributed by atoms with Crippen LogP contribution in [0.4, 0.5) is 27.8 Å². The molecular weight excluding hydrogens is 574 g/mol. The summed E-state index contributed by atoms with van der Waals surface area (Å²) < 4.78 is 73.8. The second-order valence-corrected chi connectivity index (χ2v) is 8.93. The molecular formula is C24H17Cl2F5N4O4. The minimum Gasteiger partial charge on any atom is -0.460 e. The van der Waals surface area contributed by atoms with Crippen LogP contribution in [0.2, 0.25) is 5.02 Å². The molecule has 1 aromatic heterocycles. The number of aromatic nitrogens is 2. The second kappa shape index (κ2) is 10.8. The summed E-state index contributed by atoms with van der Waals surface area (Å²) in [6.45, 7) is 1.41. The van der Waals surface area contributed by atoms with Crippen molar-refractivity contribution in [3.05, 3.63) is 81.3 Å². The number of esters is 1. The van der Waals surface area contributed by atoms with Gasteiger partial charge in [0.25, 0.3) is 5.91 Å². The molecule has 1 aliphatic rings. The van der Waals surface area contributed by atoms with E-state index in [1.54, 1.807) is 0 Å². The predicted molar refractivity (Wildman–Crippen MR) is 129 cm³/mol. The monoisotopic (exact) mass is 590 g/mol. The summed E-state index contributed by atoms with van der Waals surface area (Å²) in [4.78, 5) is 42.8. The van der Waals surface area contributed by atoms with E-state index >= 15 is 0 Å². The Morgan fingerprint density at radius 3 is 2.51 bits per heavy atom. The van der Waals surface area contributed by atoms with E-state index in [1.807, 2.05) is 0 Å². The molecule has 4 rings (SSSR count). The Kier molecular flexibility index (Phi) is 7.84. The number of hydrogen-bond acceptors (Lipinski definition) is 5. The van der Waals surface area contributed by atoms with Crippen molar-refractivity contribution in [2.75, 3.05) is 17.8 Å². The van der Waals surface area contributed by atoms with Gasteiger partial charge in [0.15, 0.2) is 5.82 Å². The first-order valence-electron chi connectivity index (χ1n) is 11.1. The van der Waals surface area contributed by atoms with Gasteiger partial charge in [0, 0.05) is 16.1 Å². The third-order valence-electron chi connectivity index (χ3n) is 5.71. The first-order chi connectivity index (χ1) is 18.3. The third kappa shape index (κ3) is 5.55. The van der Waals surface area contributed by atoms with Gasteiger partial charge < -0.3 is 19.9 Å². The van der Waals surface area contributed by atoms with E-state index in [2.05, 4.69) is 15.6 Å². The van der Waals surface area contributed by atoms with Crippen molar-refractivity contribution in [3.63, 3.8) is 0 Å². The minimum absolute atomic E-state index is 0.00585. The fourth-order valence-corrected chi connectivity index (χ4v) is 4.56. The van der Waals surface area contributed by atoms with Crippen molar-refractivity contribution in [1.29, 1.82) is 0 Å². The van der Waals surface area contributed by atoms with Gasteiger partial charge in [0.1, 0.15) is 17.7 Å². The van der Waals surface area contributed by atoms with E-state index in [4.69, 9.17) is 27.9 Å². The Bertz CT molecular complexity index is 1480. The molecule has 2 N–H and O–H groups in total. The highest BCUT2D eigenvalue weighted by molar-refractivity contribution is 6.31. The number of imidazole rings is 1. The molecule has 0 saturated carbocycles. The molecule has 0 aliphatic carbocycles. The van der Waals surface area contributed by atoms with E-state index in [0.29, 0.717) is 12.1 Å². The zero-order valence-corrected chi connectivity index (χ0v) is 21.2. The highest BCUT2D eigenvalue weighted by atomic mass is 35.5. The summed E-state index contributed by atoms with van der Waals surface area (Å²) >= 11 is 12.3. The Hall–Kier alpha value is -3.71. The van der Waals surface area contributed by atoms with Gasteiger partial charge in [-0.05, 0) is 43.3 Å². The molecule has 2 heterocycles. The molecule has 0 spiro atoms. The highest BCUT2D eigenvalue weighted by Crippen LogP contribution is 2.39. The van der Waals surface area contributed by atoms with E-state index in [-0.39, 0.29) is 34.8 Å². The molecule has 2 aromatic carbocycles. The van der Waals surface area contributed by atoms with Crippen molar-refractivity contribution in [3.8, 4) is 0 Å². The van der Waals surface area contributed by atoms with Gasteiger partial charge in [-0.25, -0.2) is 18.6 Å². The molecule has 8 nitrogen and oxygen atoms in total. The summed E-state index contributed by atoms with van der Waals surface area (Å²) in [7, 11) is 0. The lowest BCUT2D eigenvalue weighted by atomic mass is 9.99. The molecule has 15 heteroatoms. The average molecular weight is 591 g/mol. The minimum atomic E-state index is -4.95. The van der Waals surface area contributed by atoms with Gasteiger partial charge in [-0.2, -0.15) is 13.2 Å². The quantitative estimate of drug-likeness (QED) is 0.231. The molecule has 2 atom stereocenters. The predicted octanol–water partition coefficient (Wildman–Crippen LogP) is 5.26. The summed E-state index contributed by atoms with van der Waals surface area (Å²) in [6, 6.07) is 1.94. The van der Waals surface area contributed by atoms with Crippen LogP contribution in [0.25, 0.3) is 0 Å². The molecule has 2 amide bonds. The van der Waals surface area contributed by atoms with Crippen molar-refractivity contribution >= 4 is 46.8 Å². The lowest BCUT2D eigenvalue weighted by molar-refractivity contribution is -0.137. The van der Waals surface area contributed by atoms with Crippen molar-refractivity contribution in [1.82, 2.24) is 14.9 Å². The van der Waals surface area contributed by atoms with E-state index in [1.165, 1.54) is 13.0 Å². The topological polar surface area (TPSA) is 102 Å². The number of hydrogen-bond donors (Lipinski definition) is 2. The Balaban J connectivity index is 1.91.